The first-order chi connectivity index (χ1) is 13.9. The summed E-state index contributed by atoms with van der Waals surface area (Å²) in [6.07, 6.45) is 25.4. The molecule has 0 atom stereocenters. The van der Waals surface area contributed by atoms with Crippen molar-refractivity contribution in [1.29, 1.82) is 0 Å². The molecule has 0 heterocycles. The number of allylic oxidation sites excluding steroid dienone is 2. The Morgan fingerprint density at radius 3 is 1.86 bits per heavy atom. The molecule has 0 amide bonds. The van der Waals surface area contributed by atoms with Crippen LogP contribution in [-0.4, -0.2) is 0 Å². The van der Waals surface area contributed by atoms with E-state index in [4.69, 9.17) is 0 Å². The second kappa shape index (κ2) is 15.4. The number of rotatable bonds is 16. The molecule has 0 fully saturated rings. The molecular formula is C28H42. The zero-order valence-corrected chi connectivity index (χ0v) is 18.3. The fraction of sp³-hybridized carbons (Fsp3) is 0.571. The zero-order valence-electron chi connectivity index (χ0n) is 18.3. The topological polar surface area (TPSA) is 0 Å². The monoisotopic (exact) mass is 378 g/mol. The van der Waals surface area contributed by atoms with E-state index in [-0.39, 0.29) is 0 Å². The van der Waals surface area contributed by atoms with E-state index in [1.807, 2.05) is 0 Å². The van der Waals surface area contributed by atoms with Crippen LogP contribution in [0.15, 0.2) is 54.6 Å². The molecule has 2 aromatic carbocycles. The van der Waals surface area contributed by atoms with Gasteiger partial charge >= 0.3 is 0 Å². The maximum absolute atomic E-state index is 2.38. The van der Waals surface area contributed by atoms with Gasteiger partial charge in [-0.3, -0.25) is 0 Å². The van der Waals surface area contributed by atoms with E-state index < -0.39 is 0 Å². The van der Waals surface area contributed by atoms with Gasteiger partial charge in [0.05, 0.1) is 0 Å². The lowest BCUT2D eigenvalue weighted by Gasteiger charge is -2.07. The first-order valence-corrected chi connectivity index (χ1v) is 12.0. The van der Waals surface area contributed by atoms with E-state index in [9.17, 15) is 0 Å². The van der Waals surface area contributed by atoms with Gasteiger partial charge in [-0.1, -0.05) is 126 Å². The summed E-state index contributed by atoms with van der Waals surface area (Å²) in [5.41, 5.74) is 1.53. The molecule has 0 radical (unpaired) electrons. The van der Waals surface area contributed by atoms with Crippen LogP contribution in [0.3, 0.4) is 0 Å². The number of hydrogen-bond donors (Lipinski definition) is 0. The highest BCUT2D eigenvalue weighted by Gasteiger charge is 2.00. The van der Waals surface area contributed by atoms with E-state index in [1.165, 1.54) is 113 Å². The molecule has 0 bridgehead atoms. The Labute approximate surface area is 174 Å². The summed E-state index contributed by atoms with van der Waals surface area (Å²) in [7, 11) is 0. The lowest BCUT2D eigenvalue weighted by molar-refractivity contribution is 0.546. The van der Waals surface area contributed by atoms with Crippen LogP contribution in [-0.2, 0) is 6.42 Å². The van der Waals surface area contributed by atoms with Gasteiger partial charge in [0.2, 0.25) is 0 Å². The first kappa shape index (κ1) is 22.7. The molecule has 0 nitrogen and oxygen atoms in total. The number of unbranched alkanes of at least 4 members (excludes halogenated alkanes) is 12. The van der Waals surface area contributed by atoms with Gasteiger partial charge in [-0.15, -0.1) is 0 Å². The van der Waals surface area contributed by atoms with Gasteiger partial charge in [-0.2, -0.15) is 0 Å². The van der Waals surface area contributed by atoms with Crippen molar-refractivity contribution < 1.29 is 0 Å². The van der Waals surface area contributed by atoms with E-state index in [0.717, 1.165) is 0 Å². The fourth-order valence-corrected chi connectivity index (χ4v) is 4.08. The van der Waals surface area contributed by atoms with Crippen LogP contribution >= 0.6 is 0 Å². The summed E-state index contributed by atoms with van der Waals surface area (Å²) >= 11 is 0. The number of hydrogen-bond acceptors (Lipinski definition) is 0. The minimum absolute atomic E-state index is 1.23. The van der Waals surface area contributed by atoms with Crippen molar-refractivity contribution in [3.8, 4) is 0 Å². The van der Waals surface area contributed by atoms with Gasteiger partial charge in [0.25, 0.3) is 0 Å². The SMILES string of the molecule is CCC/C=C/CCCCCCCCCCCCCc1cccc2ccccc12. The lowest BCUT2D eigenvalue weighted by Crippen LogP contribution is -1.88. The predicted octanol–water partition coefficient (Wildman–Crippen LogP) is 9.42. The summed E-state index contributed by atoms with van der Waals surface area (Å²) in [5, 5.41) is 2.83. The van der Waals surface area contributed by atoms with Gasteiger partial charge in [0.15, 0.2) is 0 Å². The summed E-state index contributed by atoms with van der Waals surface area (Å²) < 4.78 is 0. The third-order valence-corrected chi connectivity index (χ3v) is 5.82. The largest absolute Gasteiger partial charge is 0.0885 e. The summed E-state index contributed by atoms with van der Waals surface area (Å²) in [5.74, 6) is 0. The molecule has 154 valence electrons. The van der Waals surface area contributed by atoms with E-state index in [2.05, 4.69) is 61.5 Å². The maximum Gasteiger partial charge on any atom is -0.0152 e. The molecule has 0 saturated carbocycles. The summed E-state index contributed by atoms with van der Waals surface area (Å²) in [6.45, 7) is 2.25. The Morgan fingerprint density at radius 1 is 0.571 bits per heavy atom. The molecule has 0 unspecified atom stereocenters. The van der Waals surface area contributed by atoms with Crippen LogP contribution in [0.5, 0.6) is 0 Å². The minimum Gasteiger partial charge on any atom is -0.0885 e. The third-order valence-electron chi connectivity index (χ3n) is 5.82. The maximum atomic E-state index is 2.38. The second-order valence-electron chi connectivity index (χ2n) is 8.33. The molecule has 0 aliphatic heterocycles. The lowest BCUT2D eigenvalue weighted by atomic mass is 9.99. The molecule has 28 heavy (non-hydrogen) atoms. The van der Waals surface area contributed by atoms with Gasteiger partial charge in [0.1, 0.15) is 0 Å². The number of aryl methyl sites for hydroxylation is 1. The first-order valence-electron chi connectivity index (χ1n) is 12.0. The molecular weight excluding hydrogens is 336 g/mol. The van der Waals surface area contributed by atoms with Crippen LogP contribution in [0.4, 0.5) is 0 Å². The van der Waals surface area contributed by atoms with Gasteiger partial charge < -0.3 is 0 Å². The molecule has 0 N–H and O–H groups in total. The van der Waals surface area contributed by atoms with Crippen molar-refractivity contribution in [2.24, 2.45) is 0 Å². The Bertz CT molecular complexity index is 647. The van der Waals surface area contributed by atoms with Crippen LogP contribution in [0.2, 0.25) is 0 Å². The smallest absolute Gasteiger partial charge is 0.0152 e. The molecule has 0 aliphatic carbocycles. The Kier molecular flexibility index (Phi) is 12.5. The van der Waals surface area contributed by atoms with Crippen LogP contribution in [0, 0.1) is 0 Å². The molecule has 0 aromatic heterocycles. The minimum atomic E-state index is 1.23. The average molecular weight is 379 g/mol. The van der Waals surface area contributed by atoms with Crippen molar-refractivity contribution in [1.82, 2.24) is 0 Å². The predicted molar refractivity (Wildman–Crippen MR) is 127 cm³/mol. The molecule has 0 heteroatoms. The Balaban J connectivity index is 1.39. The van der Waals surface area contributed by atoms with Crippen molar-refractivity contribution in [3.05, 3.63) is 60.2 Å². The molecule has 0 aliphatic rings. The molecule has 0 saturated heterocycles. The standard InChI is InChI=1S/C28H42/c1-2-3-4-5-6-7-8-9-10-11-12-13-14-15-16-17-21-26-23-20-24-27-22-18-19-25-28(26)27/h4-5,18-20,22-25H,2-3,6-17,21H2,1H3/b5-4+. The fourth-order valence-electron chi connectivity index (χ4n) is 4.08. The van der Waals surface area contributed by atoms with Gasteiger partial charge in [0, 0.05) is 0 Å². The van der Waals surface area contributed by atoms with Crippen LogP contribution in [0.1, 0.15) is 102 Å². The highest BCUT2D eigenvalue weighted by atomic mass is 14.1. The van der Waals surface area contributed by atoms with E-state index >= 15 is 0 Å². The van der Waals surface area contributed by atoms with Crippen molar-refractivity contribution >= 4 is 10.8 Å². The van der Waals surface area contributed by atoms with E-state index in [1.54, 1.807) is 0 Å². The molecule has 2 rings (SSSR count). The van der Waals surface area contributed by atoms with Crippen molar-refractivity contribution in [3.63, 3.8) is 0 Å². The van der Waals surface area contributed by atoms with Crippen molar-refractivity contribution in [2.45, 2.75) is 103 Å². The Morgan fingerprint density at radius 2 is 1.14 bits per heavy atom. The Hall–Kier alpha value is -1.56. The van der Waals surface area contributed by atoms with E-state index in [0.29, 0.717) is 0 Å². The van der Waals surface area contributed by atoms with Gasteiger partial charge in [-0.05, 0) is 48.4 Å². The number of fused-ring (bicyclic) bond motifs is 1. The molecule has 2 aromatic rings. The normalized spacial score (nSPS) is 11.6. The quantitative estimate of drug-likeness (QED) is 0.201. The average Bonchev–Trinajstić information content (AvgIpc) is 2.73. The summed E-state index contributed by atoms with van der Waals surface area (Å²) in [6, 6.07) is 15.5. The second-order valence-corrected chi connectivity index (χ2v) is 8.33. The summed E-state index contributed by atoms with van der Waals surface area (Å²) in [4.78, 5) is 0. The highest BCUT2D eigenvalue weighted by molar-refractivity contribution is 5.85. The van der Waals surface area contributed by atoms with Crippen LogP contribution < -0.4 is 0 Å². The van der Waals surface area contributed by atoms with Gasteiger partial charge in [-0.25, -0.2) is 0 Å². The highest BCUT2D eigenvalue weighted by Crippen LogP contribution is 2.21. The zero-order chi connectivity index (χ0) is 19.7. The van der Waals surface area contributed by atoms with Crippen LogP contribution in [0.25, 0.3) is 10.8 Å². The van der Waals surface area contributed by atoms with Crippen molar-refractivity contribution in [2.75, 3.05) is 0 Å². The number of benzene rings is 2. The third kappa shape index (κ3) is 9.58. The molecule has 0 spiro atoms.